The highest BCUT2D eigenvalue weighted by molar-refractivity contribution is 6.23. The Balaban J connectivity index is 1.19. The molecule has 0 aromatic heterocycles. The summed E-state index contributed by atoms with van der Waals surface area (Å²) in [6, 6.07) is 13.6. The first-order valence-electron chi connectivity index (χ1n) is 11.6. The van der Waals surface area contributed by atoms with Crippen molar-refractivity contribution in [3.8, 4) is 0 Å². The third-order valence-corrected chi connectivity index (χ3v) is 7.22. The quantitative estimate of drug-likeness (QED) is 0.404. The zero-order chi connectivity index (χ0) is 24.0. The molecule has 0 spiro atoms. The third kappa shape index (κ3) is 3.71. The van der Waals surface area contributed by atoms with Gasteiger partial charge in [0.1, 0.15) is 0 Å². The minimum atomic E-state index is -0.656. The van der Waals surface area contributed by atoms with Crippen molar-refractivity contribution >= 4 is 35.1 Å². The molecule has 174 valence electrons. The highest BCUT2D eigenvalue weighted by Gasteiger charge is 2.60. The second kappa shape index (κ2) is 8.56. The number of aryl methyl sites for hydroxylation is 1. The Bertz CT molecular complexity index is 1200. The van der Waals surface area contributed by atoms with Crippen LogP contribution < -0.4 is 10.2 Å². The lowest BCUT2D eigenvalue weighted by Gasteiger charge is -2.19. The van der Waals surface area contributed by atoms with Crippen molar-refractivity contribution in [2.45, 2.75) is 26.7 Å². The molecule has 1 saturated heterocycles. The van der Waals surface area contributed by atoms with E-state index in [9.17, 15) is 19.2 Å². The lowest BCUT2D eigenvalue weighted by Crippen LogP contribution is -2.33. The molecule has 5 rings (SSSR count). The van der Waals surface area contributed by atoms with E-state index >= 15 is 0 Å². The number of amides is 3. The van der Waals surface area contributed by atoms with Gasteiger partial charge in [0.2, 0.25) is 11.8 Å². The normalized spacial score (nSPS) is 24.8. The number of anilines is 2. The molecule has 1 heterocycles. The summed E-state index contributed by atoms with van der Waals surface area (Å²) in [6.07, 6.45) is 3.93. The second-order valence-corrected chi connectivity index (χ2v) is 9.20. The number of hydrogen-bond acceptors (Lipinski definition) is 5. The van der Waals surface area contributed by atoms with E-state index in [1.807, 2.05) is 26.0 Å². The maximum absolute atomic E-state index is 13.1. The molecule has 34 heavy (non-hydrogen) atoms. The molecule has 2 aromatic carbocycles. The van der Waals surface area contributed by atoms with Gasteiger partial charge in [0.05, 0.1) is 23.1 Å². The SMILES string of the molecule is CCc1ccc(NC(=O)COC(=O)c2ccc(N3C(=O)[C@@H]4[C@@H](C3=O)[C@H]3C=C(C)[C@H]4C3)cc2)cc1. The molecule has 4 atom stereocenters. The Morgan fingerprint density at radius 1 is 1.00 bits per heavy atom. The minimum absolute atomic E-state index is 0.140. The number of allylic oxidation sites excluding steroid dienone is 2. The Hall–Kier alpha value is -3.74. The van der Waals surface area contributed by atoms with Crippen LogP contribution in [-0.2, 0) is 25.5 Å². The van der Waals surface area contributed by atoms with Gasteiger partial charge in [0.15, 0.2) is 6.61 Å². The lowest BCUT2D eigenvalue weighted by molar-refractivity contribution is -0.123. The average Bonchev–Trinajstić information content (AvgIpc) is 3.48. The highest BCUT2D eigenvalue weighted by atomic mass is 16.5. The second-order valence-electron chi connectivity index (χ2n) is 9.20. The van der Waals surface area contributed by atoms with Crippen LogP contribution in [0.25, 0.3) is 0 Å². The molecule has 7 heteroatoms. The minimum Gasteiger partial charge on any atom is -0.452 e. The number of fused-ring (bicyclic) bond motifs is 5. The monoisotopic (exact) mass is 458 g/mol. The molecule has 0 unspecified atom stereocenters. The molecule has 2 aliphatic carbocycles. The summed E-state index contributed by atoms with van der Waals surface area (Å²) in [6.45, 7) is 3.66. The van der Waals surface area contributed by atoms with E-state index < -0.39 is 18.5 Å². The van der Waals surface area contributed by atoms with Crippen molar-refractivity contribution in [1.29, 1.82) is 0 Å². The van der Waals surface area contributed by atoms with Crippen molar-refractivity contribution in [2.75, 3.05) is 16.8 Å². The fourth-order valence-electron chi connectivity index (χ4n) is 5.51. The van der Waals surface area contributed by atoms with Crippen LogP contribution in [0.4, 0.5) is 11.4 Å². The smallest absolute Gasteiger partial charge is 0.338 e. The van der Waals surface area contributed by atoms with Crippen LogP contribution in [0, 0.1) is 23.7 Å². The van der Waals surface area contributed by atoms with Crippen molar-refractivity contribution in [3.63, 3.8) is 0 Å². The van der Waals surface area contributed by atoms with Crippen LogP contribution in [0.2, 0.25) is 0 Å². The highest BCUT2D eigenvalue weighted by Crippen LogP contribution is 2.55. The molecule has 1 aliphatic heterocycles. The topological polar surface area (TPSA) is 92.8 Å². The van der Waals surface area contributed by atoms with Crippen molar-refractivity contribution < 1.29 is 23.9 Å². The third-order valence-electron chi connectivity index (χ3n) is 7.22. The standard InChI is InChI=1S/C27H26N2O5/c1-3-16-4-8-19(9-5-16)28-22(30)14-34-27(33)17-6-10-20(11-7-17)29-25(31)23-18-12-15(2)21(13-18)24(23)26(29)32/h4-12,18,21,23-24H,3,13-14H2,1-2H3,(H,28,30)/t18-,21+,23-,24-/m0/s1. The van der Waals surface area contributed by atoms with Gasteiger partial charge in [-0.05, 0) is 73.6 Å². The van der Waals surface area contributed by atoms with Gasteiger partial charge < -0.3 is 10.1 Å². The summed E-state index contributed by atoms with van der Waals surface area (Å²) < 4.78 is 5.12. The maximum atomic E-state index is 13.1. The van der Waals surface area contributed by atoms with Crippen LogP contribution in [-0.4, -0.2) is 30.3 Å². The van der Waals surface area contributed by atoms with Crippen LogP contribution in [0.3, 0.4) is 0 Å². The Morgan fingerprint density at radius 2 is 1.68 bits per heavy atom. The van der Waals surface area contributed by atoms with Crippen molar-refractivity contribution in [2.24, 2.45) is 23.7 Å². The number of nitrogens with zero attached hydrogens (tertiary/aromatic N) is 1. The first-order valence-corrected chi connectivity index (χ1v) is 11.6. The summed E-state index contributed by atoms with van der Waals surface area (Å²) in [5, 5.41) is 2.69. The van der Waals surface area contributed by atoms with Crippen LogP contribution >= 0.6 is 0 Å². The van der Waals surface area contributed by atoms with Crippen LogP contribution in [0.1, 0.15) is 36.2 Å². The van der Waals surface area contributed by atoms with E-state index in [0.29, 0.717) is 11.4 Å². The first kappa shape index (κ1) is 22.1. The van der Waals surface area contributed by atoms with Gasteiger partial charge in [-0.1, -0.05) is 30.7 Å². The maximum Gasteiger partial charge on any atom is 0.338 e. The fourth-order valence-corrected chi connectivity index (χ4v) is 5.51. The number of carbonyl (C=O) groups excluding carboxylic acids is 4. The van der Waals surface area contributed by atoms with Gasteiger partial charge in [0, 0.05) is 5.69 Å². The zero-order valence-corrected chi connectivity index (χ0v) is 19.1. The fraction of sp³-hybridized carbons (Fsp3) is 0.333. The first-order chi connectivity index (χ1) is 16.4. The number of carbonyl (C=O) groups is 4. The number of rotatable bonds is 6. The molecule has 1 N–H and O–H groups in total. The van der Waals surface area contributed by atoms with Gasteiger partial charge in [-0.25, -0.2) is 4.79 Å². The van der Waals surface area contributed by atoms with Crippen molar-refractivity contribution in [3.05, 3.63) is 71.3 Å². The lowest BCUT2D eigenvalue weighted by atomic mass is 9.82. The van der Waals surface area contributed by atoms with E-state index in [-0.39, 0.29) is 41.0 Å². The summed E-state index contributed by atoms with van der Waals surface area (Å²) in [5.41, 5.74) is 3.68. The summed E-state index contributed by atoms with van der Waals surface area (Å²) in [7, 11) is 0. The van der Waals surface area contributed by atoms with E-state index in [2.05, 4.69) is 11.4 Å². The van der Waals surface area contributed by atoms with E-state index in [1.54, 1.807) is 24.3 Å². The Morgan fingerprint density at radius 3 is 2.35 bits per heavy atom. The van der Waals surface area contributed by atoms with Gasteiger partial charge >= 0.3 is 5.97 Å². The molecule has 2 bridgehead atoms. The molecule has 1 saturated carbocycles. The van der Waals surface area contributed by atoms with Crippen LogP contribution in [0.15, 0.2) is 60.2 Å². The average molecular weight is 459 g/mol. The van der Waals surface area contributed by atoms with E-state index in [4.69, 9.17) is 4.74 Å². The van der Waals surface area contributed by atoms with E-state index in [0.717, 1.165) is 18.4 Å². The number of ether oxygens (including phenoxy) is 1. The number of esters is 1. The Kier molecular flexibility index (Phi) is 5.55. The molecular formula is C27H26N2O5. The molecule has 3 aliphatic rings. The van der Waals surface area contributed by atoms with Gasteiger partial charge in [-0.3, -0.25) is 19.3 Å². The molecule has 3 amide bonds. The largest absolute Gasteiger partial charge is 0.452 e. The van der Waals surface area contributed by atoms with Gasteiger partial charge in [-0.15, -0.1) is 0 Å². The predicted octanol–water partition coefficient (Wildman–Crippen LogP) is 3.75. The van der Waals surface area contributed by atoms with Crippen LogP contribution in [0.5, 0.6) is 0 Å². The molecular weight excluding hydrogens is 432 g/mol. The summed E-state index contributed by atoms with van der Waals surface area (Å²) >= 11 is 0. The van der Waals surface area contributed by atoms with Crippen molar-refractivity contribution in [1.82, 2.24) is 0 Å². The molecule has 7 nitrogen and oxygen atoms in total. The number of nitrogens with one attached hydrogen (secondary N) is 1. The number of hydrogen-bond donors (Lipinski definition) is 1. The molecule has 0 radical (unpaired) electrons. The number of benzene rings is 2. The predicted molar refractivity (Wildman–Crippen MR) is 126 cm³/mol. The van der Waals surface area contributed by atoms with Gasteiger partial charge in [-0.2, -0.15) is 0 Å². The van der Waals surface area contributed by atoms with E-state index in [1.165, 1.54) is 22.6 Å². The molecule has 2 fully saturated rings. The molecule has 2 aromatic rings. The summed E-state index contributed by atoms with van der Waals surface area (Å²) in [5.74, 6) is -1.67. The Labute approximate surface area is 197 Å². The summed E-state index contributed by atoms with van der Waals surface area (Å²) in [4.78, 5) is 51.8. The zero-order valence-electron chi connectivity index (χ0n) is 19.1. The van der Waals surface area contributed by atoms with Gasteiger partial charge in [0.25, 0.3) is 5.91 Å². The number of imide groups is 1.